The fourth-order valence-corrected chi connectivity index (χ4v) is 2.85. The number of nitrogens with two attached hydrogens (primary N) is 1. The smallest absolute Gasteiger partial charge is 0.282 e. The average molecular weight is 343 g/mol. The molecular weight excluding hydrogens is 326 g/mol. The molecule has 0 atom stereocenters. The zero-order valence-electron chi connectivity index (χ0n) is 12.1. The highest BCUT2D eigenvalue weighted by Crippen LogP contribution is 2.11. The summed E-state index contributed by atoms with van der Waals surface area (Å²) >= 11 is 0. The first-order valence-corrected chi connectivity index (χ1v) is 9.13. The Kier molecular flexibility index (Phi) is 5.84. The van der Waals surface area contributed by atoms with Crippen LogP contribution < -0.4 is 5.14 Å². The van der Waals surface area contributed by atoms with Crippen molar-refractivity contribution in [2.75, 3.05) is 0 Å². The average Bonchev–Trinajstić information content (AvgIpc) is 2.38. The third kappa shape index (κ3) is 5.57. The lowest BCUT2D eigenvalue weighted by atomic mass is 10.2. The van der Waals surface area contributed by atoms with Gasteiger partial charge < -0.3 is 0 Å². The van der Waals surface area contributed by atoms with E-state index in [1.807, 2.05) is 6.92 Å². The van der Waals surface area contributed by atoms with E-state index < -0.39 is 20.1 Å². The van der Waals surface area contributed by atoms with E-state index in [1.54, 1.807) is 37.3 Å². The molecule has 0 bridgehead atoms. The van der Waals surface area contributed by atoms with Gasteiger partial charge in [-0.3, -0.25) is 4.55 Å². The Morgan fingerprint density at radius 1 is 0.864 bits per heavy atom. The van der Waals surface area contributed by atoms with Crippen molar-refractivity contribution in [2.24, 2.45) is 5.14 Å². The Balaban J connectivity index is 0.000000220. The maximum absolute atomic E-state index is 10.8. The van der Waals surface area contributed by atoms with Crippen LogP contribution in [0.5, 0.6) is 0 Å². The summed E-state index contributed by atoms with van der Waals surface area (Å²) in [5, 5.41) is 4.93. The van der Waals surface area contributed by atoms with Gasteiger partial charge in [-0.1, -0.05) is 35.9 Å². The van der Waals surface area contributed by atoms with Gasteiger partial charge >= 0.3 is 0 Å². The van der Waals surface area contributed by atoms with E-state index >= 15 is 0 Å². The maximum atomic E-state index is 10.8. The highest BCUT2D eigenvalue weighted by atomic mass is 32.2. The van der Waals surface area contributed by atoms with Gasteiger partial charge in [0.15, 0.2) is 0 Å². The van der Waals surface area contributed by atoms with Crippen LogP contribution in [0.15, 0.2) is 58.3 Å². The second-order valence-electron chi connectivity index (χ2n) is 4.60. The van der Waals surface area contributed by atoms with Gasteiger partial charge in [-0.25, -0.2) is 13.6 Å². The fraction of sp³-hybridized carbons (Fsp3) is 0.143. The van der Waals surface area contributed by atoms with Crippen LogP contribution in [-0.4, -0.2) is 21.4 Å². The first-order valence-electron chi connectivity index (χ1n) is 6.14. The zero-order chi connectivity index (χ0) is 17.0. The monoisotopic (exact) mass is 343 g/mol. The van der Waals surface area contributed by atoms with E-state index in [-0.39, 0.29) is 9.79 Å². The van der Waals surface area contributed by atoms with Crippen molar-refractivity contribution in [3.63, 3.8) is 0 Å². The predicted octanol–water partition coefficient (Wildman–Crippen LogP) is 1.88. The highest BCUT2D eigenvalue weighted by molar-refractivity contribution is 7.89. The summed E-state index contributed by atoms with van der Waals surface area (Å²) in [6.45, 7) is 3.55. The molecule has 2 aromatic carbocycles. The standard InChI is InChI=1S/C7H9NO2S.C7H8O3S/c1-6-4-2-3-5-7(6)11(8,9)10;1-6-2-4-7(5-3-6)11(8,9)10/h2-5H,1H3,(H2,8,9,10);2-5H,1H3,(H,8,9,10). The second kappa shape index (κ2) is 7.01. The van der Waals surface area contributed by atoms with Gasteiger partial charge in [-0.2, -0.15) is 8.42 Å². The third-order valence-electron chi connectivity index (χ3n) is 2.72. The number of benzene rings is 2. The van der Waals surface area contributed by atoms with Crippen LogP contribution in [0.2, 0.25) is 0 Å². The maximum Gasteiger partial charge on any atom is 0.294 e. The van der Waals surface area contributed by atoms with E-state index in [0.717, 1.165) is 5.56 Å². The molecule has 0 aliphatic heterocycles. The number of primary sulfonamides is 1. The van der Waals surface area contributed by atoms with E-state index in [9.17, 15) is 16.8 Å². The number of rotatable bonds is 2. The first-order chi connectivity index (χ1) is 10.0. The third-order valence-corrected chi connectivity index (χ3v) is 4.66. The molecule has 0 spiro atoms. The van der Waals surface area contributed by atoms with Crippen molar-refractivity contribution in [3.05, 3.63) is 59.7 Å². The molecule has 120 valence electrons. The molecule has 0 fully saturated rings. The number of sulfonamides is 1. The topological polar surface area (TPSA) is 115 Å². The Morgan fingerprint density at radius 2 is 1.36 bits per heavy atom. The van der Waals surface area contributed by atoms with Crippen molar-refractivity contribution >= 4 is 20.1 Å². The Bertz CT molecular complexity index is 841. The van der Waals surface area contributed by atoms with Crippen LogP contribution in [0.1, 0.15) is 11.1 Å². The largest absolute Gasteiger partial charge is 0.294 e. The molecule has 0 saturated carbocycles. The van der Waals surface area contributed by atoms with Gasteiger partial charge in [0, 0.05) is 0 Å². The summed E-state index contributed by atoms with van der Waals surface area (Å²) in [5.74, 6) is 0. The molecule has 0 heterocycles. The van der Waals surface area contributed by atoms with Crippen LogP contribution in [0.25, 0.3) is 0 Å². The molecule has 0 radical (unpaired) electrons. The summed E-state index contributed by atoms with van der Waals surface area (Å²) in [6, 6.07) is 12.6. The fourth-order valence-electron chi connectivity index (χ4n) is 1.59. The minimum Gasteiger partial charge on any atom is -0.282 e. The van der Waals surface area contributed by atoms with Gasteiger partial charge in [-0.15, -0.1) is 0 Å². The zero-order valence-corrected chi connectivity index (χ0v) is 13.7. The lowest BCUT2D eigenvalue weighted by Gasteiger charge is -2.00. The SMILES string of the molecule is Cc1ccc(S(=O)(=O)O)cc1.Cc1ccccc1S(N)(=O)=O. The molecule has 0 aromatic heterocycles. The number of aryl methyl sites for hydroxylation is 2. The predicted molar refractivity (Wildman–Crippen MR) is 83.5 cm³/mol. The van der Waals surface area contributed by atoms with Crippen molar-refractivity contribution in [2.45, 2.75) is 23.6 Å². The minimum atomic E-state index is -4.02. The van der Waals surface area contributed by atoms with Gasteiger partial charge in [-0.05, 0) is 37.6 Å². The molecule has 8 heteroatoms. The molecule has 0 amide bonds. The molecule has 0 aliphatic carbocycles. The summed E-state index contributed by atoms with van der Waals surface area (Å²) < 4.78 is 51.2. The Hall–Kier alpha value is -1.74. The van der Waals surface area contributed by atoms with E-state index in [0.29, 0.717) is 5.56 Å². The normalized spacial score (nSPS) is 11.5. The summed E-state index contributed by atoms with van der Waals surface area (Å²) in [4.78, 5) is 0.128. The van der Waals surface area contributed by atoms with Gasteiger partial charge in [0.1, 0.15) is 0 Å². The molecule has 22 heavy (non-hydrogen) atoms. The van der Waals surface area contributed by atoms with Crippen LogP contribution in [0, 0.1) is 13.8 Å². The molecule has 0 aliphatic rings. The minimum absolute atomic E-state index is 0.0666. The van der Waals surface area contributed by atoms with Gasteiger partial charge in [0.2, 0.25) is 10.0 Å². The Labute approximate surface area is 130 Å². The van der Waals surface area contributed by atoms with E-state index in [1.165, 1.54) is 18.2 Å². The summed E-state index contributed by atoms with van der Waals surface area (Å²) in [5.41, 5.74) is 1.63. The molecule has 6 nitrogen and oxygen atoms in total. The summed E-state index contributed by atoms with van der Waals surface area (Å²) in [7, 11) is -7.55. The quantitative estimate of drug-likeness (QED) is 0.808. The van der Waals surface area contributed by atoms with Crippen LogP contribution in [0.3, 0.4) is 0 Å². The van der Waals surface area contributed by atoms with Gasteiger partial charge in [0.25, 0.3) is 10.1 Å². The van der Waals surface area contributed by atoms with Crippen LogP contribution in [-0.2, 0) is 20.1 Å². The van der Waals surface area contributed by atoms with E-state index in [4.69, 9.17) is 9.69 Å². The second-order valence-corrected chi connectivity index (χ2v) is 7.55. The lowest BCUT2D eigenvalue weighted by molar-refractivity contribution is 0.483. The molecule has 0 saturated heterocycles. The Morgan fingerprint density at radius 3 is 1.73 bits per heavy atom. The molecule has 0 unspecified atom stereocenters. The van der Waals surface area contributed by atoms with Gasteiger partial charge in [0.05, 0.1) is 9.79 Å². The van der Waals surface area contributed by atoms with Crippen LogP contribution in [0.4, 0.5) is 0 Å². The van der Waals surface area contributed by atoms with Crippen molar-refractivity contribution in [1.29, 1.82) is 0 Å². The highest BCUT2D eigenvalue weighted by Gasteiger charge is 2.08. The molecule has 2 rings (SSSR count). The molecule has 3 N–H and O–H groups in total. The first kappa shape index (κ1) is 18.3. The van der Waals surface area contributed by atoms with Crippen LogP contribution >= 0.6 is 0 Å². The van der Waals surface area contributed by atoms with Crippen molar-refractivity contribution in [3.8, 4) is 0 Å². The molecular formula is C14H17NO5S2. The number of hydrogen-bond acceptors (Lipinski definition) is 4. The summed E-state index contributed by atoms with van der Waals surface area (Å²) in [6.07, 6.45) is 0. The molecule has 2 aromatic rings. The van der Waals surface area contributed by atoms with Crippen molar-refractivity contribution < 1.29 is 21.4 Å². The lowest BCUT2D eigenvalue weighted by Crippen LogP contribution is -2.13. The van der Waals surface area contributed by atoms with Crippen molar-refractivity contribution in [1.82, 2.24) is 0 Å². The number of hydrogen-bond donors (Lipinski definition) is 2. The van der Waals surface area contributed by atoms with E-state index in [2.05, 4.69) is 0 Å².